The molecule has 0 aliphatic rings. The highest BCUT2D eigenvalue weighted by Crippen LogP contribution is 2.41. The first-order valence-corrected chi connectivity index (χ1v) is 8.41. The molecule has 0 spiro atoms. The Morgan fingerprint density at radius 3 is 1.88 bits per heavy atom. The van der Waals surface area contributed by atoms with Gasteiger partial charge in [-0.25, -0.2) is 8.78 Å². The molecular formula is C13H24Br2F2. The van der Waals surface area contributed by atoms with E-state index in [0.717, 1.165) is 12.8 Å². The molecule has 0 rings (SSSR count). The van der Waals surface area contributed by atoms with Crippen molar-refractivity contribution in [3.05, 3.63) is 0 Å². The molecule has 0 aromatic rings. The van der Waals surface area contributed by atoms with Crippen LogP contribution in [0.5, 0.6) is 0 Å². The van der Waals surface area contributed by atoms with E-state index in [0.29, 0.717) is 6.42 Å². The number of halogens is 4. The molecule has 1 atom stereocenters. The van der Waals surface area contributed by atoms with Crippen molar-refractivity contribution in [3.63, 3.8) is 0 Å². The van der Waals surface area contributed by atoms with Crippen molar-refractivity contribution in [1.82, 2.24) is 0 Å². The molecule has 0 N–H and O–H groups in total. The zero-order valence-corrected chi connectivity index (χ0v) is 14.0. The van der Waals surface area contributed by atoms with Crippen molar-refractivity contribution in [2.45, 2.75) is 75.5 Å². The monoisotopic (exact) mass is 376 g/mol. The van der Waals surface area contributed by atoms with Gasteiger partial charge in [-0.1, -0.05) is 83.7 Å². The van der Waals surface area contributed by atoms with Crippen LogP contribution in [0.3, 0.4) is 0 Å². The maximum atomic E-state index is 13.5. The Balaban J connectivity index is 3.66. The first kappa shape index (κ1) is 17.8. The van der Waals surface area contributed by atoms with E-state index in [4.69, 9.17) is 0 Å². The molecule has 0 radical (unpaired) electrons. The van der Waals surface area contributed by atoms with Crippen molar-refractivity contribution in [3.8, 4) is 0 Å². The lowest BCUT2D eigenvalue weighted by Gasteiger charge is -2.31. The smallest absolute Gasteiger partial charge is 0.204 e. The van der Waals surface area contributed by atoms with Crippen LogP contribution in [-0.4, -0.2) is 15.6 Å². The van der Waals surface area contributed by atoms with Gasteiger partial charge in [-0.2, -0.15) is 0 Å². The van der Waals surface area contributed by atoms with Crippen LogP contribution in [-0.2, 0) is 0 Å². The van der Waals surface area contributed by atoms with E-state index < -0.39 is 10.2 Å². The summed E-state index contributed by atoms with van der Waals surface area (Å²) in [5.41, 5.74) is 0. The van der Waals surface area contributed by atoms with Crippen LogP contribution in [0.25, 0.3) is 0 Å². The van der Waals surface area contributed by atoms with Gasteiger partial charge in [-0.05, 0) is 13.3 Å². The first-order chi connectivity index (χ1) is 7.87. The van der Waals surface area contributed by atoms with Crippen LogP contribution in [0.4, 0.5) is 8.78 Å². The Bertz CT molecular complexity index is 194. The Kier molecular flexibility index (Phi) is 9.27. The highest BCUT2D eigenvalue weighted by molar-refractivity contribution is 9.10. The van der Waals surface area contributed by atoms with Gasteiger partial charge in [-0.3, -0.25) is 0 Å². The average molecular weight is 378 g/mol. The molecular weight excluding hydrogens is 354 g/mol. The lowest BCUT2D eigenvalue weighted by atomic mass is 9.96. The Hall–Kier alpha value is 0.820. The number of alkyl halides is 4. The van der Waals surface area contributed by atoms with Gasteiger partial charge in [0.05, 0.1) is 9.65 Å². The third-order valence-corrected chi connectivity index (χ3v) is 4.86. The molecule has 104 valence electrons. The van der Waals surface area contributed by atoms with Gasteiger partial charge >= 0.3 is 0 Å². The number of hydrogen-bond acceptors (Lipinski definition) is 0. The lowest BCUT2D eigenvalue weighted by molar-refractivity contribution is -0.00901. The Morgan fingerprint density at radius 2 is 1.41 bits per heavy atom. The summed E-state index contributed by atoms with van der Waals surface area (Å²) in [7, 11) is 0. The zero-order chi connectivity index (χ0) is 13.4. The molecule has 0 aliphatic carbocycles. The van der Waals surface area contributed by atoms with Gasteiger partial charge in [0.2, 0.25) is 0 Å². The standard InChI is InChI=1S/C13H24Br2F2/c1-3-4-5-6-7-8-9-10-12(2,15)13(16,17)11-14/h3-11H2,1-2H3. The molecule has 0 fully saturated rings. The minimum atomic E-state index is -2.69. The fraction of sp³-hybridized carbons (Fsp3) is 1.00. The van der Waals surface area contributed by atoms with Crippen LogP contribution >= 0.6 is 31.9 Å². The van der Waals surface area contributed by atoms with Gasteiger partial charge in [0, 0.05) is 0 Å². The maximum absolute atomic E-state index is 13.5. The summed E-state index contributed by atoms with van der Waals surface area (Å²) in [4.78, 5) is 0. The minimum absolute atomic E-state index is 0.280. The summed E-state index contributed by atoms with van der Waals surface area (Å²) < 4.78 is 25.9. The molecule has 4 heteroatoms. The number of rotatable bonds is 10. The largest absolute Gasteiger partial charge is 0.272 e. The highest BCUT2D eigenvalue weighted by atomic mass is 79.9. The van der Waals surface area contributed by atoms with E-state index in [1.165, 1.54) is 32.1 Å². The highest BCUT2D eigenvalue weighted by Gasteiger charge is 2.46. The predicted molar refractivity (Wildman–Crippen MR) is 78.7 cm³/mol. The Morgan fingerprint density at radius 1 is 0.941 bits per heavy atom. The quantitative estimate of drug-likeness (QED) is 0.309. The van der Waals surface area contributed by atoms with E-state index in [-0.39, 0.29) is 5.33 Å². The van der Waals surface area contributed by atoms with E-state index in [1.807, 2.05) is 0 Å². The zero-order valence-electron chi connectivity index (χ0n) is 10.9. The average Bonchev–Trinajstić information content (AvgIpc) is 2.27. The molecule has 0 aromatic heterocycles. The predicted octanol–water partition coefficient (Wildman–Crippen LogP) is 6.31. The van der Waals surface area contributed by atoms with Gasteiger partial charge in [0.25, 0.3) is 5.92 Å². The molecule has 1 unspecified atom stereocenters. The summed E-state index contributed by atoms with van der Waals surface area (Å²) in [5, 5.41) is -0.280. The summed E-state index contributed by atoms with van der Waals surface area (Å²) in [5.74, 6) is -2.69. The SMILES string of the molecule is CCCCCCCCCC(C)(Br)C(F)(F)CBr. The van der Waals surface area contributed by atoms with Gasteiger partial charge in [0.1, 0.15) is 0 Å². The van der Waals surface area contributed by atoms with Crippen molar-refractivity contribution >= 4 is 31.9 Å². The fourth-order valence-electron chi connectivity index (χ4n) is 1.74. The van der Waals surface area contributed by atoms with Gasteiger partial charge in [-0.15, -0.1) is 0 Å². The van der Waals surface area contributed by atoms with Crippen molar-refractivity contribution in [2.24, 2.45) is 0 Å². The molecule has 0 nitrogen and oxygen atoms in total. The van der Waals surface area contributed by atoms with E-state index in [9.17, 15) is 8.78 Å². The summed E-state index contributed by atoms with van der Waals surface area (Å²) in [6.07, 6.45) is 8.68. The summed E-state index contributed by atoms with van der Waals surface area (Å²) in [6, 6.07) is 0. The van der Waals surface area contributed by atoms with Crippen LogP contribution in [0, 0.1) is 0 Å². The molecule has 0 aliphatic heterocycles. The number of unbranched alkanes of at least 4 members (excludes halogenated alkanes) is 6. The lowest BCUT2D eigenvalue weighted by Crippen LogP contribution is -2.41. The van der Waals surface area contributed by atoms with E-state index in [2.05, 4.69) is 38.8 Å². The normalized spacial score (nSPS) is 15.9. The summed E-state index contributed by atoms with van der Waals surface area (Å²) in [6.45, 7) is 3.78. The van der Waals surface area contributed by atoms with Crippen molar-refractivity contribution < 1.29 is 8.78 Å². The maximum Gasteiger partial charge on any atom is 0.272 e. The first-order valence-electron chi connectivity index (χ1n) is 6.50. The molecule has 17 heavy (non-hydrogen) atoms. The fourth-order valence-corrected chi connectivity index (χ4v) is 3.15. The summed E-state index contributed by atoms with van der Waals surface area (Å²) >= 11 is 6.06. The molecule has 0 bridgehead atoms. The van der Waals surface area contributed by atoms with Crippen LogP contribution in [0.2, 0.25) is 0 Å². The van der Waals surface area contributed by atoms with Crippen LogP contribution < -0.4 is 0 Å². The molecule has 0 saturated heterocycles. The molecule has 0 amide bonds. The second-order valence-corrected chi connectivity index (χ2v) is 7.22. The molecule has 0 aromatic carbocycles. The number of hydrogen-bond donors (Lipinski definition) is 0. The molecule has 0 heterocycles. The van der Waals surface area contributed by atoms with Crippen LogP contribution in [0.1, 0.15) is 65.2 Å². The van der Waals surface area contributed by atoms with Gasteiger partial charge in [0.15, 0.2) is 0 Å². The van der Waals surface area contributed by atoms with Crippen molar-refractivity contribution in [2.75, 3.05) is 5.33 Å². The van der Waals surface area contributed by atoms with Crippen LogP contribution in [0.15, 0.2) is 0 Å². The third kappa shape index (κ3) is 7.09. The van der Waals surface area contributed by atoms with E-state index in [1.54, 1.807) is 6.92 Å². The van der Waals surface area contributed by atoms with Gasteiger partial charge < -0.3 is 0 Å². The Labute approximate surface area is 121 Å². The topological polar surface area (TPSA) is 0 Å². The molecule has 0 saturated carbocycles. The van der Waals surface area contributed by atoms with Crippen molar-refractivity contribution in [1.29, 1.82) is 0 Å². The van der Waals surface area contributed by atoms with E-state index >= 15 is 0 Å². The third-order valence-electron chi connectivity index (χ3n) is 3.18. The second kappa shape index (κ2) is 8.84. The minimum Gasteiger partial charge on any atom is -0.204 e. The second-order valence-electron chi connectivity index (χ2n) is 4.91.